The number of halogens is 2. The van der Waals surface area contributed by atoms with Crippen LogP contribution in [0.4, 0.5) is 4.39 Å². The quantitative estimate of drug-likeness (QED) is 0.848. The molecule has 5 heteroatoms. The zero-order chi connectivity index (χ0) is 14.5. The van der Waals surface area contributed by atoms with Gasteiger partial charge in [0.25, 0.3) is 0 Å². The van der Waals surface area contributed by atoms with Crippen LogP contribution in [0.15, 0.2) is 23.6 Å². The number of rotatable bonds is 6. The van der Waals surface area contributed by atoms with Gasteiger partial charge in [-0.05, 0) is 44.0 Å². The van der Waals surface area contributed by atoms with Crippen LogP contribution in [0.25, 0.3) is 0 Å². The molecule has 0 spiro atoms. The molecule has 2 aromatic rings. The Bertz CT molecular complexity index is 571. The fourth-order valence-corrected chi connectivity index (χ4v) is 2.91. The van der Waals surface area contributed by atoms with Gasteiger partial charge in [0.15, 0.2) is 0 Å². The third kappa shape index (κ3) is 4.01. The fourth-order valence-electron chi connectivity index (χ4n) is 2.04. The van der Waals surface area contributed by atoms with Crippen LogP contribution in [0.1, 0.15) is 35.7 Å². The molecule has 1 N–H and O–H groups in total. The minimum atomic E-state index is -0.377. The molecule has 1 aromatic carbocycles. The van der Waals surface area contributed by atoms with Gasteiger partial charge in [0.2, 0.25) is 0 Å². The molecule has 0 amide bonds. The third-order valence-electron chi connectivity index (χ3n) is 3.06. The average molecular weight is 313 g/mol. The number of nitrogens with one attached hydrogen (secondary N) is 1. The summed E-state index contributed by atoms with van der Waals surface area (Å²) < 4.78 is 13.2. The number of benzene rings is 1. The van der Waals surface area contributed by atoms with Crippen molar-refractivity contribution in [1.29, 1.82) is 0 Å². The average Bonchev–Trinajstić information content (AvgIpc) is 2.85. The largest absolute Gasteiger partial charge is 0.308 e. The van der Waals surface area contributed by atoms with E-state index < -0.39 is 0 Å². The minimum Gasteiger partial charge on any atom is -0.308 e. The topological polar surface area (TPSA) is 24.9 Å². The fraction of sp³-hybridized carbons (Fsp3) is 0.400. The van der Waals surface area contributed by atoms with E-state index >= 15 is 0 Å². The van der Waals surface area contributed by atoms with Crippen LogP contribution in [-0.2, 0) is 6.42 Å². The number of hydrogen-bond acceptors (Lipinski definition) is 3. The SMILES string of the molecule is CCCNC(Cc1ccc(F)c(Cl)c1)c1csc(C)n1. The molecular formula is C15H18ClFN2S. The first-order valence-electron chi connectivity index (χ1n) is 6.69. The van der Waals surface area contributed by atoms with Crippen molar-refractivity contribution in [1.82, 2.24) is 10.3 Å². The molecule has 0 fully saturated rings. The van der Waals surface area contributed by atoms with Crippen LogP contribution in [0.5, 0.6) is 0 Å². The molecule has 1 atom stereocenters. The highest BCUT2D eigenvalue weighted by Crippen LogP contribution is 2.23. The normalized spacial score (nSPS) is 12.6. The van der Waals surface area contributed by atoms with E-state index in [0.29, 0.717) is 0 Å². The molecule has 1 aromatic heterocycles. The Morgan fingerprint density at radius 2 is 2.25 bits per heavy atom. The van der Waals surface area contributed by atoms with E-state index in [0.717, 1.165) is 35.7 Å². The van der Waals surface area contributed by atoms with Crippen molar-refractivity contribution in [2.45, 2.75) is 32.7 Å². The highest BCUT2D eigenvalue weighted by molar-refractivity contribution is 7.09. The first kappa shape index (κ1) is 15.4. The van der Waals surface area contributed by atoms with E-state index in [1.54, 1.807) is 23.5 Å². The molecule has 0 bridgehead atoms. The maximum atomic E-state index is 13.2. The molecule has 2 nitrogen and oxygen atoms in total. The lowest BCUT2D eigenvalue weighted by molar-refractivity contribution is 0.519. The van der Waals surface area contributed by atoms with Crippen LogP contribution in [0.3, 0.4) is 0 Å². The monoisotopic (exact) mass is 312 g/mol. The zero-order valence-corrected chi connectivity index (χ0v) is 13.2. The second-order valence-corrected chi connectivity index (χ2v) is 6.22. The van der Waals surface area contributed by atoms with Gasteiger partial charge >= 0.3 is 0 Å². The van der Waals surface area contributed by atoms with Gasteiger partial charge in [0, 0.05) is 5.38 Å². The number of hydrogen-bond donors (Lipinski definition) is 1. The highest BCUT2D eigenvalue weighted by Gasteiger charge is 2.15. The van der Waals surface area contributed by atoms with Crippen molar-refractivity contribution in [3.8, 4) is 0 Å². The van der Waals surface area contributed by atoms with Gasteiger partial charge in [-0.3, -0.25) is 0 Å². The Hall–Kier alpha value is -0.970. The Kier molecular flexibility index (Phi) is 5.52. The van der Waals surface area contributed by atoms with Crippen LogP contribution in [0, 0.1) is 12.7 Å². The Balaban J connectivity index is 2.16. The van der Waals surface area contributed by atoms with Gasteiger partial charge in [-0.25, -0.2) is 9.37 Å². The lowest BCUT2D eigenvalue weighted by atomic mass is 10.0. The van der Waals surface area contributed by atoms with E-state index in [1.807, 2.05) is 6.92 Å². The minimum absolute atomic E-state index is 0.140. The molecule has 0 saturated carbocycles. The summed E-state index contributed by atoms with van der Waals surface area (Å²) in [4.78, 5) is 4.55. The van der Waals surface area contributed by atoms with E-state index in [-0.39, 0.29) is 16.9 Å². The van der Waals surface area contributed by atoms with Gasteiger partial charge in [-0.1, -0.05) is 24.6 Å². The molecule has 0 aliphatic carbocycles. The summed E-state index contributed by atoms with van der Waals surface area (Å²) in [7, 11) is 0. The molecule has 0 saturated heterocycles. The first-order valence-corrected chi connectivity index (χ1v) is 7.95. The number of thiazole rings is 1. The van der Waals surface area contributed by atoms with E-state index in [9.17, 15) is 4.39 Å². The number of aromatic nitrogens is 1. The van der Waals surface area contributed by atoms with Gasteiger partial charge in [-0.2, -0.15) is 0 Å². The van der Waals surface area contributed by atoms with E-state index in [4.69, 9.17) is 11.6 Å². The van der Waals surface area contributed by atoms with Crippen molar-refractivity contribution < 1.29 is 4.39 Å². The summed E-state index contributed by atoms with van der Waals surface area (Å²) in [6.45, 7) is 5.06. The summed E-state index contributed by atoms with van der Waals surface area (Å²) in [6.07, 6.45) is 1.81. The molecule has 1 unspecified atom stereocenters. The molecule has 0 radical (unpaired) electrons. The van der Waals surface area contributed by atoms with Crippen molar-refractivity contribution >= 4 is 22.9 Å². The van der Waals surface area contributed by atoms with Crippen molar-refractivity contribution in [3.05, 3.63) is 50.7 Å². The van der Waals surface area contributed by atoms with Crippen LogP contribution in [-0.4, -0.2) is 11.5 Å². The van der Waals surface area contributed by atoms with Crippen LogP contribution < -0.4 is 5.32 Å². The van der Waals surface area contributed by atoms with Crippen molar-refractivity contribution in [2.75, 3.05) is 6.54 Å². The van der Waals surface area contributed by atoms with E-state index in [2.05, 4.69) is 22.6 Å². The smallest absolute Gasteiger partial charge is 0.141 e. The predicted octanol–water partition coefficient (Wildman–Crippen LogP) is 4.53. The summed E-state index contributed by atoms with van der Waals surface area (Å²) in [6, 6.07) is 5.03. The summed E-state index contributed by atoms with van der Waals surface area (Å²) in [5.74, 6) is -0.377. The summed E-state index contributed by atoms with van der Waals surface area (Å²) in [5.41, 5.74) is 2.05. The molecule has 2 rings (SSSR count). The second-order valence-electron chi connectivity index (χ2n) is 4.75. The van der Waals surface area contributed by atoms with Gasteiger partial charge < -0.3 is 5.32 Å². The Labute approximate surface area is 128 Å². The van der Waals surface area contributed by atoms with E-state index in [1.165, 1.54) is 6.07 Å². The second kappa shape index (κ2) is 7.16. The van der Waals surface area contributed by atoms with Crippen molar-refractivity contribution in [2.24, 2.45) is 0 Å². The summed E-state index contributed by atoms with van der Waals surface area (Å²) in [5, 5.41) is 6.79. The molecular weight excluding hydrogens is 295 g/mol. The summed E-state index contributed by atoms with van der Waals surface area (Å²) >= 11 is 7.49. The number of nitrogens with zero attached hydrogens (tertiary/aromatic N) is 1. The van der Waals surface area contributed by atoms with Crippen molar-refractivity contribution in [3.63, 3.8) is 0 Å². The standard InChI is InChI=1S/C15H18ClFN2S/c1-3-6-18-14(15-9-20-10(2)19-15)8-11-4-5-13(17)12(16)7-11/h4-5,7,9,14,18H,3,6,8H2,1-2H3. The lowest BCUT2D eigenvalue weighted by Crippen LogP contribution is -2.24. The Morgan fingerprint density at radius 3 is 2.85 bits per heavy atom. The first-order chi connectivity index (χ1) is 9.60. The maximum Gasteiger partial charge on any atom is 0.141 e. The highest BCUT2D eigenvalue weighted by atomic mass is 35.5. The molecule has 1 heterocycles. The molecule has 0 aliphatic rings. The molecule has 0 aliphatic heterocycles. The maximum absolute atomic E-state index is 13.2. The van der Waals surface area contributed by atoms with Gasteiger partial charge in [0.05, 0.1) is 21.8 Å². The predicted molar refractivity (Wildman–Crippen MR) is 83.0 cm³/mol. The third-order valence-corrected chi connectivity index (χ3v) is 4.14. The number of aryl methyl sites for hydroxylation is 1. The van der Waals surface area contributed by atoms with Gasteiger partial charge in [0.1, 0.15) is 5.82 Å². The van der Waals surface area contributed by atoms with Crippen LogP contribution in [0.2, 0.25) is 5.02 Å². The molecule has 108 valence electrons. The Morgan fingerprint density at radius 1 is 1.45 bits per heavy atom. The lowest BCUT2D eigenvalue weighted by Gasteiger charge is -2.17. The van der Waals surface area contributed by atoms with Gasteiger partial charge in [-0.15, -0.1) is 11.3 Å². The molecule has 20 heavy (non-hydrogen) atoms. The van der Waals surface area contributed by atoms with Crippen LogP contribution >= 0.6 is 22.9 Å². The zero-order valence-electron chi connectivity index (χ0n) is 11.6.